The molecule has 20 heavy (non-hydrogen) atoms. The summed E-state index contributed by atoms with van der Waals surface area (Å²) in [5.41, 5.74) is 5.83. The standard InChI is InChI=1S/C12H22N6O.HI/c1-3-18-6-4-5-10(18)7-14-12(13)15-8-11-16-9(2)19-17-11;/h10H,3-8H2,1-2H3,(H3,13,14,15);1H. The smallest absolute Gasteiger partial charge is 0.223 e. The van der Waals surface area contributed by atoms with Crippen molar-refractivity contribution in [2.75, 3.05) is 19.6 Å². The molecule has 2 heterocycles. The highest BCUT2D eigenvalue weighted by atomic mass is 127. The maximum atomic E-state index is 5.83. The van der Waals surface area contributed by atoms with E-state index in [1.165, 1.54) is 19.4 Å². The Balaban J connectivity index is 0.00000200. The van der Waals surface area contributed by atoms with Crippen LogP contribution in [0.25, 0.3) is 0 Å². The molecule has 1 aliphatic rings. The fraction of sp³-hybridized carbons (Fsp3) is 0.750. The molecular weight excluding hydrogens is 371 g/mol. The molecule has 8 heteroatoms. The molecule has 1 saturated heterocycles. The molecule has 2 rings (SSSR count). The minimum absolute atomic E-state index is 0. The number of rotatable bonds is 5. The lowest BCUT2D eigenvalue weighted by molar-refractivity contribution is 0.267. The fourth-order valence-corrected chi connectivity index (χ4v) is 2.38. The fourth-order valence-electron chi connectivity index (χ4n) is 2.38. The summed E-state index contributed by atoms with van der Waals surface area (Å²) in [6, 6.07) is 0.561. The van der Waals surface area contributed by atoms with Crippen molar-refractivity contribution in [3.63, 3.8) is 0 Å². The Bertz CT molecular complexity index is 435. The van der Waals surface area contributed by atoms with Crippen LogP contribution in [0.15, 0.2) is 9.52 Å². The van der Waals surface area contributed by atoms with Crippen molar-refractivity contribution in [2.24, 2.45) is 10.7 Å². The molecule has 0 aromatic carbocycles. The van der Waals surface area contributed by atoms with Crippen LogP contribution in [0.2, 0.25) is 0 Å². The van der Waals surface area contributed by atoms with Gasteiger partial charge in [0.1, 0.15) is 6.54 Å². The van der Waals surface area contributed by atoms with Gasteiger partial charge in [-0.3, -0.25) is 4.90 Å². The van der Waals surface area contributed by atoms with Crippen LogP contribution in [0, 0.1) is 6.92 Å². The van der Waals surface area contributed by atoms with Crippen molar-refractivity contribution in [3.8, 4) is 0 Å². The molecule has 114 valence electrons. The second-order valence-corrected chi connectivity index (χ2v) is 4.74. The molecule has 1 unspecified atom stereocenters. The number of hydrogen-bond donors (Lipinski definition) is 2. The van der Waals surface area contributed by atoms with E-state index in [4.69, 9.17) is 10.3 Å². The summed E-state index contributed by atoms with van der Waals surface area (Å²) in [5, 5.41) is 6.93. The zero-order chi connectivity index (χ0) is 13.7. The van der Waals surface area contributed by atoms with E-state index in [9.17, 15) is 0 Å². The van der Waals surface area contributed by atoms with Crippen LogP contribution in [-0.4, -0.2) is 46.7 Å². The number of halogens is 1. The minimum Gasteiger partial charge on any atom is -0.370 e. The molecule has 7 nitrogen and oxygen atoms in total. The van der Waals surface area contributed by atoms with Crippen molar-refractivity contribution in [2.45, 2.75) is 39.3 Å². The van der Waals surface area contributed by atoms with Gasteiger partial charge in [0.2, 0.25) is 5.89 Å². The summed E-state index contributed by atoms with van der Waals surface area (Å²) in [4.78, 5) is 10.7. The number of likely N-dealkylation sites (N-methyl/N-ethyl adjacent to an activating group) is 1. The molecule has 1 aromatic rings. The quantitative estimate of drug-likeness (QED) is 0.438. The highest BCUT2D eigenvalue weighted by Crippen LogP contribution is 2.15. The van der Waals surface area contributed by atoms with E-state index in [0.717, 1.165) is 13.1 Å². The summed E-state index contributed by atoms with van der Waals surface area (Å²) in [7, 11) is 0. The maximum absolute atomic E-state index is 5.83. The van der Waals surface area contributed by atoms with Gasteiger partial charge in [-0.1, -0.05) is 12.1 Å². The molecule has 0 spiro atoms. The molecule has 0 saturated carbocycles. The number of likely N-dealkylation sites (tertiary alicyclic amines) is 1. The second kappa shape index (κ2) is 8.40. The van der Waals surface area contributed by atoms with E-state index in [1.807, 2.05) is 0 Å². The summed E-state index contributed by atoms with van der Waals surface area (Å²) >= 11 is 0. The van der Waals surface area contributed by atoms with Gasteiger partial charge in [-0.2, -0.15) is 4.98 Å². The molecule has 0 bridgehead atoms. The normalized spacial score (nSPS) is 19.9. The zero-order valence-corrected chi connectivity index (χ0v) is 14.3. The lowest BCUT2D eigenvalue weighted by Gasteiger charge is -2.23. The predicted molar refractivity (Wildman–Crippen MR) is 88.0 cm³/mol. The first kappa shape index (κ1) is 17.2. The van der Waals surface area contributed by atoms with Gasteiger partial charge in [0.25, 0.3) is 0 Å². The molecular formula is C12H23IN6O. The van der Waals surface area contributed by atoms with Gasteiger partial charge in [-0.25, -0.2) is 4.99 Å². The number of guanidine groups is 1. The summed E-state index contributed by atoms with van der Waals surface area (Å²) < 4.78 is 4.87. The SMILES string of the molecule is CCN1CCCC1CNC(N)=NCc1noc(C)n1.I. The Morgan fingerprint density at radius 2 is 2.40 bits per heavy atom. The van der Waals surface area contributed by atoms with E-state index in [-0.39, 0.29) is 24.0 Å². The number of aliphatic imine (C=N–C) groups is 1. The lowest BCUT2D eigenvalue weighted by atomic mass is 10.2. The van der Waals surface area contributed by atoms with Crippen LogP contribution < -0.4 is 11.1 Å². The third-order valence-electron chi connectivity index (χ3n) is 3.38. The van der Waals surface area contributed by atoms with Gasteiger partial charge in [0.05, 0.1) is 0 Å². The molecule has 1 fully saturated rings. The highest BCUT2D eigenvalue weighted by molar-refractivity contribution is 14.0. The zero-order valence-electron chi connectivity index (χ0n) is 12.0. The average molecular weight is 394 g/mol. The number of nitrogens with one attached hydrogen (secondary N) is 1. The van der Waals surface area contributed by atoms with Crippen LogP contribution in [0.1, 0.15) is 31.5 Å². The van der Waals surface area contributed by atoms with Crippen molar-refractivity contribution in [3.05, 3.63) is 11.7 Å². The van der Waals surface area contributed by atoms with E-state index >= 15 is 0 Å². The number of nitrogens with two attached hydrogens (primary N) is 1. The maximum Gasteiger partial charge on any atom is 0.223 e. The summed E-state index contributed by atoms with van der Waals surface area (Å²) in [6.45, 7) is 7.40. The minimum atomic E-state index is 0. The summed E-state index contributed by atoms with van der Waals surface area (Å²) in [6.07, 6.45) is 2.48. The molecule has 0 radical (unpaired) electrons. The lowest BCUT2D eigenvalue weighted by Crippen LogP contribution is -2.42. The van der Waals surface area contributed by atoms with Crippen LogP contribution in [-0.2, 0) is 6.54 Å². The monoisotopic (exact) mass is 394 g/mol. The number of hydrogen-bond acceptors (Lipinski definition) is 5. The second-order valence-electron chi connectivity index (χ2n) is 4.74. The van der Waals surface area contributed by atoms with Crippen molar-refractivity contribution in [1.82, 2.24) is 20.4 Å². The molecule has 0 amide bonds. The van der Waals surface area contributed by atoms with Gasteiger partial charge in [-0.05, 0) is 25.9 Å². The van der Waals surface area contributed by atoms with E-state index in [2.05, 4.69) is 32.3 Å². The van der Waals surface area contributed by atoms with Gasteiger partial charge >= 0.3 is 0 Å². The van der Waals surface area contributed by atoms with Crippen molar-refractivity contribution in [1.29, 1.82) is 0 Å². The largest absolute Gasteiger partial charge is 0.370 e. The Labute approximate surface area is 136 Å². The Morgan fingerprint density at radius 1 is 1.60 bits per heavy atom. The molecule has 1 atom stereocenters. The third-order valence-corrected chi connectivity index (χ3v) is 3.38. The first-order valence-electron chi connectivity index (χ1n) is 6.76. The van der Waals surface area contributed by atoms with Crippen LogP contribution in [0.5, 0.6) is 0 Å². The van der Waals surface area contributed by atoms with E-state index in [1.54, 1.807) is 6.92 Å². The average Bonchev–Trinajstić information content (AvgIpc) is 3.02. The van der Waals surface area contributed by atoms with Crippen LogP contribution >= 0.6 is 24.0 Å². The van der Waals surface area contributed by atoms with Crippen molar-refractivity contribution >= 4 is 29.9 Å². The first-order chi connectivity index (χ1) is 9.19. The van der Waals surface area contributed by atoms with Gasteiger partial charge in [0.15, 0.2) is 11.8 Å². The Kier molecular flexibility index (Phi) is 7.20. The number of aryl methyl sites for hydroxylation is 1. The Hall–Kier alpha value is -0.900. The number of nitrogens with zero attached hydrogens (tertiary/aromatic N) is 4. The first-order valence-corrected chi connectivity index (χ1v) is 6.76. The van der Waals surface area contributed by atoms with Crippen LogP contribution in [0.4, 0.5) is 0 Å². The van der Waals surface area contributed by atoms with Gasteiger partial charge < -0.3 is 15.6 Å². The van der Waals surface area contributed by atoms with E-state index in [0.29, 0.717) is 30.3 Å². The van der Waals surface area contributed by atoms with Crippen LogP contribution in [0.3, 0.4) is 0 Å². The highest BCUT2D eigenvalue weighted by Gasteiger charge is 2.22. The third kappa shape index (κ3) is 4.89. The molecule has 1 aromatic heterocycles. The topological polar surface area (TPSA) is 92.6 Å². The van der Waals surface area contributed by atoms with Gasteiger partial charge in [-0.15, -0.1) is 24.0 Å². The molecule has 3 N–H and O–H groups in total. The van der Waals surface area contributed by atoms with E-state index < -0.39 is 0 Å². The Morgan fingerprint density at radius 3 is 3.05 bits per heavy atom. The molecule has 0 aliphatic carbocycles. The van der Waals surface area contributed by atoms with Crippen molar-refractivity contribution < 1.29 is 4.52 Å². The summed E-state index contributed by atoms with van der Waals surface area (Å²) in [5.74, 6) is 1.53. The number of aromatic nitrogens is 2. The molecule has 1 aliphatic heterocycles. The predicted octanol–water partition coefficient (Wildman–Crippen LogP) is 0.885. The van der Waals surface area contributed by atoms with Gasteiger partial charge in [0, 0.05) is 19.5 Å².